The zero-order valence-electron chi connectivity index (χ0n) is 16.2. The third-order valence-corrected chi connectivity index (χ3v) is 5.97. The van der Waals surface area contributed by atoms with E-state index in [2.05, 4.69) is 34.1 Å². The molecule has 1 heterocycles. The molecule has 2 aromatic carbocycles. The fourth-order valence-electron chi connectivity index (χ4n) is 4.46. The Hall–Kier alpha value is -2.04. The maximum Gasteiger partial charge on any atom is 0.161 e. The maximum atomic E-state index is 9.88. The topological polar surface area (TPSA) is 35.9 Å². The Labute approximate surface area is 162 Å². The minimum absolute atomic E-state index is 0.225. The van der Waals surface area contributed by atoms with Crippen molar-refractivity contribution in [2.24, 2.45) is 0 Å². The van der Waals surface area contributed by atoms with Crippen molar-refractivity contribution in [3.63, 3.8) is 0 Å². The summed E-state index contributed by atoms with van der Waals surface area (Å²) in [6, 6.07) is 15.4. The first-order valence-corrected chi connectivity index (χ1v) is 10.2. The minimum Gasteiger partial charge on any atom is -0.504 e. The number of aromatic hydroxyl groups is 1. The van der Waals surface area contributed by atoms with Crippen molar-refractivity contribution in [3.05, 3.63) is 59.2 Å². The molecule has 4 nitrogen and oxygen atoms in total. The first-order chi connectivity index (χ1) is 13.2. The zero-order chi connectivity index (χ0) is 18.6. The van der Waals surface area contributed by atoms with Crippen LogP contribution in [0.15, 0.2) is 42.5 Å². The average molecular weight is 367 g/mol. The third kappa shape index (κ3) is 4.28. The summed E-state index contributed by atoms with van der Waals surface area (Å²) >= 11 is 0. The van der Waals surface area contributed by atoms with Crippen LogP contribution < -0.4 is 4.74 Å². The maximum absolute atomic E-state index is 9.88. The molecular weight excluding hydrogens is 336 g/mol. The van der Waals surface area contributed by atoms with Crippen molar-refractivity contribution in [1.29, 1.82) is 0 Å². The number of hydrogen-bond donors (Lipinski definition) is 1. The van der Waals surface area contributed by atoms with Crippen LogP contribution in [0.5, 0.6) is 11.5 Å². The standard InChI is InChI=1S/C23H30N2O2/c1-2-27-23-15-18(7-10-22(23)26)17-24-11-13-25(14-12-24)21-9-8-19-5-3-4-6-20(19)16-21/h3-7,10,15,21,26H,2,8-9,11-14,16-17H2,1H3/t21-/m0/s1. The van der Waals surface area contributed by atoms with Crippen molar-refractivity contribution >= 4 is 0 Å². The van der Waals surface area contributed by atoms with E-state index in [-0.39, 0.29) is 5.75 Å². The number of ether oxygens (including phenoxy) is 1. The number of phenolic OH excluding ortho intramolecular Hbond substituents is 1. The minimum atomic E-state index is 0.225. The van der Waals surface area contributed by atoms with E-state index in [0.29, 0.717) is 18.4 Å². The first-order valence-electron chi connectivity index (χ1n) is 10.2. The number of rotatable bonds is 5. The van der Waals surface area contributed by atoms with Gasteiger partial charge < -0.3 is 9.84 Å². The lowest BCUT2D eigenvalue weighted by Crippen LogP contribution is -2.51. The highest BCUT2D eigenvalue weighted by Gasteiger charge is 2.27. The van der Waals surface area contributed by atoms with E-state index in [1.165, 1.54) is 24.8 Å². The van der Waals surface area contributed by atoms with Crippen molar-refractivity contribution in [2.75, 3.05) is 32.8 Å². The first kappa shape index (κ1) is 18.3. The number of nitrogens with zero attached hydrogens (tertiary/aromatic N) is 2. The molecule has 0 saturated carbocycles. The van der Waals surface area contributed by atoms with Gasteiger partial charge in [0, 0.05) is 38.8 Å². The molecule has 4 heteroatoms. The molecule has 4 rings (SSSR count). The number of fused-ring (bicyclic) bond motifs is 1. The summed E-state index contributed by atoms with van der Waals surface area (Å²) in [6.45, 7) is 7.91. The van der Waals surface area contributed by atoms with Gasteiger partial charge in [0.25, 0.3) is 0 Å². The number of aryl methyl sites for hydroxylation is 1. The molecule has 2 aliphatic rings. The monoisotopic (exact) mass is 366 g/mol. The van der Waals surface area contributed by atoms with Crippen LogP contribution in [0.25, 0.3) is 0 Å². The van der Waals surface area contributed by atoms with Crippen LogP contribution >= 0.6 is 0 Å². The van der Waals surface area contributed by atoms with Gasteiger partial charge in [-0.15, -0.1) is 0 Å². The molecule has 2 aromatic rings. The van der Waals surface area contributed by atoms with Crippen LogP contribution in [-0.4, -0.2) is 53.7 Å². The Morgan fingerprint density at radius 1 is 1.04 bits per heavy atom. The van der Waals surface area contributed by atoms with Crippen LogP contribution in [0.2, 0.25) is 0 Å². The highest BCUT2D eigenvalue weighted by atomic mass is 16.5. The predicted molar refractivity (Wildman–Crippen MR) is 108 cm³/mol. The second-order valence-corrected chi connectivity index (χ2v) is 7.71. The van der Waals surface area contributed by atoms with Crippen LogP contribution in [0.4, 0.5) is 0 Å². The van der Waals surface area contributed by atoms with Gasteiger partial charge in [-0.1, -0.05) is 30.3 Å². The van der Waals surface area contributed by atoms with Gasteiger partial charge in [-0.25, -0.2) is 0 Å². The highest BCUT2D eigenvalue weighted by Crippen LogP contribution is 2.28. The smallest absolute Gasteiger partial charge is 0.161 e. The van der Waals surface area contributed by atoms with Gasteiger partial charge in [-0.3, -0.25) is 9.80 Å². The molecule has 0 unspecified atom stereocenters. The summed E-state index contributed by atoms with van der Waals surface area (Å²) < 4.78 is 5.51. The second-order valence-electron chi connectivity index (χ2n) is 7.71. The van der Waals surface area contributed by atoms with Gasteiger partial charge in [0.2, 0.25) is 0 Å². The molecule has 1 aliphatic heterocycles. The van der Waals surface area contributed by atoms with Crippen molar-refractivity contribution in [3.8, 4) is 11.5 Å². The molecule has 0 aromatic heterocycles. The summed E-state index contributed by atoms with van der Waals surface area (Å²) in [6.07, 6.45) is 3.70. The lowest BCUT2D eigenvalue weighted by atomic mass is 9.87. The van der Waals surface area contributed by atoms with E-state index in [4.69, 9.17) is 4.74 Å². The quantitative estimate of drug-likeness (QED) is 0.879. The van der Waals surface area contributed by atoms with E-state index in [9.17, 15) is 5.11 Å². The number of phenols is 1. The molecule has 0 spiro atoms. The van der Waals surface area contributed by atoms with Gasteiger partial charge in [-0.2, -0.15) is 0 Å². The molecule has 1 N–H and O–H groups in total. The molecule has 1 aliphatic carbocycles. The molecule has 0 radical (unpaired) electrons. The summed E-state index contributed by atoms with van der Waals surface area (Å²) in [5, 5.41) is 9.88. The Bertz CT molecular complexity index is 769. The SMILES string of the molecule is CCOc1cc(CN2CCN([C@H]3CCc4ccccc4C3)CC2)ccc1O. The molecule has 1 fully saturated rings. The fourth-order valence-corrected chi connectivity index (χ4v) is 4.46. The largest absolute Gasteiger partial charge is 0.504 e. The fraction of sp³-hybridized carbons (Fsp3) is 0.478. The van der Waals surface area contributed by atoms with E-state index < -0.39 is 0 Å². The van der Waals surface area contributed by atoms with Crippen LogP contribution in [0.3, 0.4) is 0 Å². The van der Waals surface area contributed by atoms with Crippen molar-refractivity contribution in [2.45, 2.75) is 38.8 Å². The Kier molecular flexibility index (Phi) is 5.65. The lowest BCUT2D eigenvalue weighted by Gasteiger charge is -2.41. The number of benzene rings is 2. The highest BCUT2D eigenvalue weighted by molar-refractivity contribution is 5.41. The molecule has 1 atom stereocenters. The Morgan fingerprint density at radius 2 is 1.81 bits per heavy atom. The second kappa shape index (κ2) is 8.32. The lowest BCUT2D eigenvalue weighted by molar-refractivity contribution is 0.0856. The third-order valence-electron chi connectivity index (χ3n) is 5.97. The van der Waals surface area contributed by atoms with Gasteiger partial charge in [0.1, 0.15) is 0 Å². The van der Waals surface area contributed by atoms with E-state index in [1.807, 2.05) is 19.1 Å². The molecule has 0 amide bonds. The van der Waals surface area contributed by atoms with Crippen molar-refractivity contribution < 1.29 is 9.84 Å². The summed E-state index contributed by atoms with van der Waals surface area (Å²) in [5.41, 5.74) is 4.30. The average Bonchev–Trinajstić information content (AvgIpc) is 2.71. The molecule has 27 heavy (non-hydrogen) atoms. The summed E-state index contributed by atoms with van der Waals surface area (Å²) in [7, 11) is 0. The Morgan fingerprint density at radius 3 is 2.59 bits per heavy atom. The van der Waals surface area contributed by atoms with Crippen molar-refractivity contribution in [1.82, 2.24) is 9.80 Å². The van der Waals surface area contributed by atoms with E-state index in [1.54, 1.807) is 17.2 Å². The van der Waals surface area contributed by atoms with Gasteiger partial charge in [-0.05, 0) is 55.0 Å². The van der Waals surface area contributed by atoms with Gasteiger partial charge in [0.05, 0.1) is 6.61 Å². The number of piperazine rings is 1. The summed E-state index contributed by atoms with van der Waals surface area (Å²) in [5.74, 6) is 0.817. The molecule has 1 saturated heterocycles. The van der Waals surface area contributed by atoms with Crippen LogP contribution in [0, 0.1) is 0 Å². The zero-order valence-corrected chi connectivity index (χ0v) is 16.2. The molecule has 144 valence electrons. The normalized spacial score (nSPS) is 21.0. The van der Waals surface area contributed by atoms with Gasteiger partial charge >= 0.3 is 0 Å². The van der Waals surface area contributed by atoms with E-state index in [0.717, 1.165) is 32.7 Å². The summed E-state index contributed by atoms with van der Waals surface area (Å²) in [4.78, 5) is 5.20. The predicted octanol–water partition coefficient (Wildman–Crippen LogP) is 3.47. The Balaban J connectivity index is 1.31. The number of hydrogen-bond acceptors (Lipinski definition) is 4. The van der Waals surface area contributed by atoms with Crippen LogP contribution in [-0.2, 0) is 19.4 Å². The molecule has 0 bridgehead atoms. The van der Waals surface area contributed by atoms with E-state index >= 15 is 0 Å². The van der Waals surface area contributed by atoms with Crippen LogP contribution in [0.1, 0.15) is 30.0 Å². The molecular formula is C23H30N2O2. The van der Waals surface area contributed by atoms with Gasteiger partial charge in [0.15, 0.2) is 11.5 Å².